The molecule has 1 N–H and O–H groups in total. The Kier molecular flexibility index (Phi) is 4.02. The molecule has 17 heavy (non-hydrogen) atoms. The van der Waals surface area contributed by atoms with Gasteiger partial charge in [0.15, 0.2) is 0 Å². The number of nitrogens with one attached hydrogen (secondary N) is 1. The fraction of sp³-hybridized carbons (Fsp3) is 1.00. The third kappa shape index (κ3) is 3.23. The molecule has 0 aromatic heterocycles. The fourth-order valence-electron chi connectivity index (χ4n) is 3.75. The van der Waals surface area contributed by atoms with Crippen LogP contribution in [-0.2, 0) is 0 Å². The standard InChI is InChI=1S/C15H28N2/c1-2-7-14(8-3-1)17(15-9-10-15)12-13-6-4-5-11-16-13/h13-16H,1-12H2. The second kappa shape index (κ2) is 5.71. The first-order chi connectivity index (χ1) is 8.43. The van der Waals surface area contributed by atoms with Crippen molar-refractivity contribution in [2.24, 2.45) is 0 Å². The lowest BCUT2D eigenvalue weighted by molar-refractivity contribution is 0.125. The smallest absolute Gasteiger partial charge is 0.0195 e. The summed E-state index contributed by atoms with van der Waals surface area (Å²) >= 11 is 0. The van der Waals surface area contributed by atoms with Crippen LogP contribution in [0.4, 0.5) is 0 Å². The van der Waals surface area contributed by atoms with Crippen LogP contribution in [0.3, 0.4) is 0 Å². The molecule has 98 valence electrons. The number of nitrogens with zero attached hydrogens (tertiary/aromatic N) is 1. The summed E-state index contributed by atoms with van der Waals surface area (Å²) in [5, 5.41) is 3.73. The van der Waals surface area contributed by atoms with Gasteiger partial charge < -0.3 is 5.32 Å². The molecule has 1 saturated heterocycles. The fourth-order valence-corrected chi connectivity index (χ4v) is 3.75. The highest BCUT2D eigenvalue weighted by atomic mass is 15.2. The van der Waals surface area contributed by atoms with E-state index in [2.05, 4.69) is 10.2 Å². The van der Waals surface area contributed by atoms with Crippen LogP contribution in [-0.4, -0.2) is 36.1 Å². The molecule has 2 nitrogen and oxygen atoms in total. The maximum absolute atomic E-state index is 3.73. The molecule has 2 aliphatic carbocycles. The van der Waals surface area contributed by atoms with Gasteiger partial charge in [0.2, 0.25) is 0 Å². The number of rotatable bonds is 4. The lowest BCUT2D eigenvalue weighted by Gasteiger charge is -2.38. The summed E-state index contributed by atoms with van der Waals surface area (Å²) in [6, 6.07) is 2.69. The minimum Gasteiger partial charge on any atom is -0.313 e. The molecule has 0 aromatic rings. The van der Waals surface area contributed by atoms with Gasteiger partial charge in [-0.3, -0.25) is 4.90 Å². The van der Waals surface area contributed by atoms with E-state index in [9.17, 15) is 0 Å². The monoisotopic (exact) mass is 236 g/mol. The molecule has 0 amide bonds. The van der Waals surface area contributed by atoms with Crippen molar-refractivity contribution in [3.8, 4) is 0 Å². The van der Waals surface area contributed by atoms with Crippen LogP contribution in [0.1, 0.15) is 64.2 Å². The number of hydrogen-bond acceptors (Lipinski definition) is 2. The highest BCUT2D eigenvalue weighted by Crippen LogP contribution is 2.34. The Morgan fingerprint density at radius 3 is 2.12 bits per heavy atom. The maximum Gasteiger partial charge on any atom is 0.0195 e. The summed E-state index contributed by atoms with van der Waals surface area (Å²) < 4.78 is 0. The Labute approximate surface area is 106 Å². The van der Waals surface area contributed by atoms with Crippen LogP contribution in [0.5, 0.6) is 0 Å². The van der Waals surface area contributed by atoms with Gasteiger partial charge in [-0.05, 0) is 45.1 Å². The lowest BCUT2D eigenvalue weighted by Crippen LogP contribution is -2.48. The summed E-state index contributed by atoms with van der Waals surface area (Å²) in [6.07, 6.45) is 14.6. The average molecular weight is 236 g/mol. The number of hydrogen-bond donors (Lipinski definition) is 1. The molecule has 1 atom stereocenters. The van der Waals surface area contributed by atoms with Gasteiger partial charge in [0.25, 0.3) is 0 Å². The van der Waals surface area contributed by atoms with E-state index in [0.29, 0.717) is 0 Å². The summed E-state index contributed by atoms with van der Waals surface area (Å²) in [6.45, 7) is 2.60. The molecule has 2 saturated carbocycles. The zero-order valence-electron chi connectivity index (χ0n) is 11.2. The van der Waals surface area contributed by atoms with Crippen molar-refractivity contribution in [1.29, 1.82) is 0 Å². The zero-order chi connectivity index (χ0) is 11.5. The third-order valence-corrected chi connectivity index (χ3v) is 4.90. The van der Waals surface area contributed by atoms with Crippen LogP contribution in [0.15, 0.2) is 0 Å². The van der Waals surface area contributed by atoms with Gasteiger partial charge in [-0.25, -0.2) is 0 Å². The maximum atomic E-state index is 3.73. The van der Waals surface area contributed by atoms with Crippen molar-refractivity contribution < 1.29 is 0 Å². The van der Waals surface area contributed by atoms with Crippen molar-refractivity contribution in [3.63, 3.8) is 0 Å². The molecular weight excluding hydrogens is 208 g/mol. The predicted molar refractivity (Wildman–Crippen MR) is 72.2 cm³/mol. The van der Waals surface area contributed by atoms with Crippen LogP contribution < -0.4 is 5.32 Å². The van der Waals surface area contributed by atoms with Crippen LogP contribution in [0.25, 0.3) is 0 Å². The minimum atomic E-state index is 0.797. The highest BCUT2D eigenvalue weighted by molar-refractivity contribution is 4.92. The topological polar surface area (TPSA) is 15.3 Å². The van der Waals surface area contributed by atoms with Gasteiger partial charge in [-0.15, -0.1) is 0 Å². The van der Waals surface area contributed by atoms with Crippen molar-refractivity contribution >= 4 is 0 Å². The van der Waals surface area contributed by atoms with Crippen molar-refractivity contribution in [2.45, 2.75) is 82.3 Å². The third-order valence-electron chi connectivity index (χ3n) is 4.90. The predicted octanol–water partition coefficient (Wildman–Crippen LogP) is 2.93. The zero-order valence-corrected chi connectivity index (χ0v) is 11.2. The van der Waals surface area contributed by atoms with Crippen molar-refractivity contribution in [1.82, 2.24) is 10.2 Å². The van der Waals surface area contributed by atoms with Crippen molar-refractivity contribution in [3.05, 3.63) is 0 Å². The Hall–Kier alpha value is -0.0800. The molecule has 0 aromatic carbocycles. The van der Waals surface area contributed by atoms with E-state index in [1.807, 2.05) is 0 Å². The molecule has 0 spiro atoms. The van der Waals surface area contributed by atoms with Crippen LogP contribution in [0, 0.1) is 0 Å². The average Bonchev–Trinajstić information content (AvgIpc) is 3.23. The summed E-state index contributed by atoms with van der Waals surface area (Å²) in [7, 11) is 0. The van der Waals surface area contributed by atoms with E-state index in [0.717, 1.165) is 18.1 Å². The first-order valence-electron chi connectivity index (χ1n) is 7.92. The highest BCUT2D eigenvalue weighted by Gasteiger charge is 2.35. The second-order valence-corrected chi connectivity index (χ2v) is 6.37. The largest absolute Gasteiger partial charge is 0.313 e. The number of piperidine rings is 1. The van der Waals surface area contributed by atoms with Gasteiger partial charge >= 0.3 is 0 Å². The quantitative estimate of drug-likeness (QED) is 0.807. The molecule has 3 rings (SSSR count). The summed E-state index contributed by atoms with van der Waals surface area (Å²) in [5.41, 5.74) is 0. The summed E-state index contributed by atoms with van der Waals surface area (Å²) in [4.78, 5) is 2.89. The molecule has 0 bridgehead atoms. The minimum absolute atomic E-state index is 0.797. The van der Waals surface area contributed by atoms with E-state index >= 15 is 0 Å². The Balaban J connectivity index is 1.55. The molecule has 1 aliphatic heterocycles. The molecule has 0 radical (unpaired) electrons. The van der Waals surface area contributed by atoms with E-state index in [-0.39, 0.29) is 0 Å². The van der Waals surface area contributed by atoms with Gasteiger partial charge in [0.05, 0.1) is 0 Å². The lowest BCUT2D eigenvalue weighted by atomic mass is 9.93. The molecule has 1 unspecified atom stereocenters. The second-order valence-electron chi connectivity index (χ2n) is 6.37. The van der Waals surface area contributed by atoms with Gasteiger partial charge in [0, 0.05) is 24.7 Å². The summed E-state index contributed by atoms with van der Waals surface area (Å²) in [5.74, 6) is 0. The SMILES string of the molecule is C1CCC(N(CC2CCCCN2)C2CC2)CC1. The van der Waals surface area contributed by atoms with E-state index in [4.69, 9.17) is 0 Å². The Bertz CT molecular complexity index is 225. The molecule has 2 heteroatoms. The van der Waals surface area contributed by atoms with E-state index < -0.39 is 0 Å². The molecule has 3 fully saturated rings. The molecule has 1 heterocycles. The first-order valence-corrected chi connectivity index (χ1v) is 7.92. The Morgan fingerprint density at radius 1 is 0.765 bits per heavy atom. The van der Waals surface area contributed by atoms with Gasteiger partial charge in [-0.1, -0.05) is 25.7 Å². The van der Waals surface area contributed by atoms with Crippen LogP contribution in [0.2, 0.25) is 0 Å². The normalized spacial score (nSPS) is 31.9. The van der Waals surface area contributed by atoms with E-state index in [1.165, 1.54) is 77.3 Å². The van der Waals surface area contributed by atoms with Crippen molar-refractivity contribution in [2.75, 3.05) is 13.1 Å². The molecular formula is C15H28N2. The molecule has 3 aliphatic rings. The Morgan fingerprint density at radius 2 is 1.47 bits per heavy atom. The van der Waals surface area contributed by atoms with E-state index in [1.54, 1.807) is 0 Å². The van der Waals surface area contributed by atoms with Crippen LogP contribution >= 0.6 is 0 Å². The van der Waals surface area contributed by atoms with Gasteiger partial charge in [-0.2, -0.15) is 0 Å². The first kappa shape index (κ1) is 12.0. The van der Waals surface area contributed by atoms with Gasteiger partial charge in [0.1, 0.15) is 0 Å².